The van der Waals surface area contributed by atoms with Crippen molar-refractivity contribution in [3.05, 3.63) is 76.6 Å². The Balaban J connectivity index is 1.46. The first kappa shape index (κ1) is 22.0. The van der Waals surface area contributed by atoms with E-state index in [9.17, 15) is 14.7 Å². The number of hydrogen-bond donors (Lipinski definition) is 4. The van der Waals surface area contributed by atoms with E-state index in [1.165, 1.54) is 5.01 Å². The van der Waals surface area contributed by atoms with Gasteiger partial charge in [-0.25, -0.2) is 9.80 Å². The zero-order chi connectivity index (χ0) is 22.7. The van der Waals surface area contributed by atoms with Gasteiger partial charge in [-0.15, -0.1) is 0 Å². The van der Waals surface area contributed by atoms with Crippen LogP contribution in [0.3, 0.4) is 0 Å². The fraction of sp³-hybridized carbons (Fsp3) is 0.261. The van der Waals surface area contributed by atoms with Gasteiger partial charge in [0.1, 0.15) is 0 Å². The summed E-state index contributed by atoms with van der Waals surface area (Å²) in [5.74, 6) is -1.41. The molecule has 166 valence electrons. The maximum absolute atomic E-state index is 12.6. The minimum absolute atomic E-state index is 0.200. The second kappa shape index (κ2) is 9.52. The van der Waals surface area contributed by atoms with Crippen LogP contribution in [0, 0.1) is 0 Å². The summed E-state index contributed by atoms with van der Waals surface area (Å²) in [6, 6.07) is 16.8. The molecular formula is C23H23ClN4O4. The largest absolute Gasteiger partial charge is 0.479 e. The molecular weight excluding hydrogens is 432 g/mol. The van der Waals surface area contributed by atoms with E-state index in [4.69, 9.17) is 16.7 Å². The molecule has 1 atom stereocenters. The topological polar surface area (TPSA) is 119 Å². The third kappa shape index (κ3) is 5.53. The molecule has 1 heterocycles. The number of aliphatic hydroxyl groups is 1. The predicted octanol–water partition coefficient (Wildman–Crippen LogP) is 3.20. The standard InChI is InChI=1S/C23H23ClN4O4/c24-18-3-1-2-17(10-18)15-6-4-14(5-7-15)12-28(13-21(29)23(31)32)27-22(30)20-11-19(25-26-20)16-8-9-16/h1-7,10-11,16,21,29H,8-9,12-13H2,(H,25,26)(H,27,30)(H,31,32). The van der Waals surface area contributed by atoms with Gasteiger partial charge in [0, 0.05) is 23.2 Å². The summed E-state index contributed by atoms with van der Waals surface area (Å²) in [4.78, 5) is 23.8. The number of carbonyl (C=O) groups is 2. The smallest absolute Gasteiger partial charge is 0.333 e. The van der Waals surface area contributed by atoms with Gasteiger partial charge in [0.25, 0.3) is 5.91 Å². The Hall–Kier alpha value is -3.20. The lowest BCUT2D eigenvalue weighted by Gasteiger charge is -2.24. The monoisotopic (exact) mass is 454 g/mol. The number of nitrogens with zero attached hydrogens (tertiary/aromatic N) is 2. The van der Waals surface area contributed by atoms with E-state index in [0.717, 1.165) is 35.2 Å². The van der Waals surface area contributed by atoms with E-state index in [0.29, 0.717) is 10.9 Å². The van der Waals surface area contributed by atoms with Crippen molar-refractivity contribution < 1.29 is 19.8 Å². The summed E-state index contributed by atoms with van der Waals surface area (Å²) in [6.07, 6.45) is 0.499. The molecule has 1 amide bonds. The molecule has 1 aliphatic rings. The molecule has 0 aliphatic heterocycles. The fourth-order valence-corrected chi connectivity index (χ4v) is 3.58. The number of H-pyrrole nitrogens is 1. The molecule has 2 aromatic carbocycles. The van der Waals surface area contributed by atoms with E-state index in [1.54, 1.807) is 12.1 Å². The number of carboxylic acid groups (broad SMARTS) is 1. The van der Waals surface area contributed by atoms with Crippen LogP contribution < -0.4 is 5.43 Å². The van der Waals surface area contributed by atoms with Crippen LogP contribution in [0.5, 0.6) is 0 Å². The summed E-state index contributed by atoms with van der Waals surface area (Å²) < 4.78 is 0. The first-order valence-corrected chi connectivity index (χ1v) is 10.6. The van der Waals surface area contributed by atoms with Crippen molar-refractivity contribution in [3.63, 3.8) is 0 Å². The highest BCUT2D eigenvalue weighted by atomic mass is 35.5. The maximum atomic E-state index is 12.6. The van der Waals surface area contributed by atoms with Crippen LogP contribution in [-0.2, 0) is 11.3 Å². The third-order valence-electron chi connectivity index (χ3n) is 5.27. The zero-order valence-electron chi connectivity index (χ0n) is 17.2. The molecule has 1 unspecified atom stereocenters. The number of aromatic amines is 1. The molecule has 1 saturated carbocycles. The van der Waals surface area contributed by atoms with Crippen LogP contribution >= 0.6 is 11.6 Å². The second-order valence-corrected chi connectivity index (χ2v) is 8.30. The zero-order valence-corrected chi connectivity index (χ0v) is 17.9. The summed E-state index contributed by atoms with van der Waals surface area (Å²) in [7, 11) is 0. The van der Waals surface area contributed by atoms with Crippen molar-refractivity contribution in [2.75, 3.05) is 6.54 Å². The van der Waals surface area contributed by atoms with Gasteiger partial charge in [0.05, 0.1) is 6.54 Å². The number of carboxylic acids is 1. The molecule has 9 heteroatoms. The van der Waals surface area contributed by atoms with Gasteiger partial charge in [-0.2, -0.15) is 5.10 Å². The lowest BCUT2D eigenvalue weighted by atomic mass is 10.0. The Morgan fingerprint density at radius 3 is 2.56 bits per heavy atom. The number of aliphatic hydroxyl groups excluding tert-OH is 1. The molecule has 0 saturated heterocycles. The highest BCUT2D eigenvalue weighted by Crippen LogP contribution is 2.39. The van der Waals surface area contributed by atoms with E-state index in [1.807, 2.05) is 42.5 Å². The summed E-state index contributed by atoms with van der Waals surface area (Å²) >= 11 is 6.06. The SMILES string of the molecule is O=C(NN(Cc1ccc(-c2cccc(Cl)c2)cc1)CC(O)C(=O)O)c1cc(C2CC2)[nH]n1. The Kier molecular flexibility index (Phi) is 6.55. The van der Waals surface area contributed by atoms with Crippen molar-refractivity contribution in [1.82, 2.24) is 20.6 Å². The van der Waals surface area contributed by atoms with Gasteiger partial charge in [-0.3, -0.25) is 15.3 Å². The average Bonchev–Trinajstić information content (AvgIpc) is 3.50. The Morgan fingerprint density at radius 2 is 1.91 bits per heavy atom. The van der Waals surface area contributed by atoms with Crippen molar-refractivity contribution in [1.29, 1.82) is 0 Å². The molecule has 4 N–H and O–H groups in total. The number of aliphatic carboxylic acids is 1. The third-order valence-corrected chi connectivity index (χ3v) is 5.51. The van der Waals surface area contributed by atoms with Gasteiger partial charge < -0.3 is 10.2 Å². The Labute approximate surface area is 189 Å². The first-order valence-electron chi connectivity index (χ1n) is 10.3. The Morgan fingerprint density at radius 1 is 1.16 bits per heavy atom. The molecule has 1 aliphatic carbocycles. The summed E-state index contributed by atoms with van der Waals surface area (Å²) in [5, 5.41) is 27.9. The Bertz CT molecular complexity index is 1110. The van der Waals surface area contributed by atoms with Gasteiger partial charge in [-0.1, -0.05) is 48.0 Å². The first-order chi connectivity index (χ1) is 15.4. The highest BCUT2D eigenvalue weighted by molar-refractivity contribution is 6.30. The van der Waals surface area contributed by atoms with Crippen LogP contribution in [0.15, 0.2) is 54.6 Å². The van der Waals surface area contributed by atoms with Crippen molar-refractivity contribution in [3.8, 4) is 11.1 Å². The number of hydrazine groups is 1. The van der Waals surface area contributed by atoms with E-state index < -0.39 is 18.0 Å². The summed E-state index contributed by atoms with van der Waals surface area (Å²) in [5.41, 5.74) is 6.58. The van der Waals surface area contributed by atoms with Gasteiger partial charge in [0.15, 0.2) is 11.8 Å². The molecule has 0 radical (unpaired) electrons. The van der Waals surface area contributed by atoms with Crippen molar-refractivity contribution in [2.45, 2.75) is 31.4 Å². The van der Waals surface area contributed by atoms with Gasteiger partial charge in [-0.05, 0) is 47.7 Å². The molecule has 1 fully saturated rings. The minimum atomic E-state index is -1.65. The fourth-order valence-electron chi connectivity index (χ4n) is 3.38. The molecule has 0 spiro atoms. The second-order valence-electron chi connectivity index (χ2n) is 7.87. The van der Waals surface area contributed by atoms with Gasteiger partial charge >= 0.3 is 5.97 Å². The maximum Gasteiger partial charge on any atom is 0.333 e. The average molecular weight is 455 g/mol. The van der Waals surface area contributed by atoms with Crippen LogP contribution in [0.4, 0.5) is 0 Å². The number of carbonyl (C=O) groups excluding carboxylic acids is 1. The molecule has 32 heavy (non-hydrogen) atoms. The summed E-state index contributed by atoms with van der Waals surface area (Å²) in [6.45, 7) is -0.0805. The molecule has 8 nitrogen and oxygen atoms in total. The normalized spacial score (nSPS) is 14.3. The number of amides is 1. The lowest BCUT2D eigenvalue weighted by Crippen LogP contribution is -2.47. The number of hydrogen-bond acceptors (Lipinski definition) is 5. The van der Waals surface area contributed by atoms with Crippen LogP contribution in [-0.4, -0.2) is 49.9 Å². The molecule has 1 aromatic heterocycles. The van der Waals surface area contributed by atoms with Crippen LogP contribution in [0.1, 0.15) is 40.5 Å². The minimum Gasteiger partial charge on any atom is -0.479 e. The van der Waals surface area contributed by atoms with Crippen molar-refractivity contribution >= 4 is 23.5 Å². The number of nitrogens with one attached hydrogen (secondary N) is 2. The van der Waals surface area contributed by atoms with E-state index in [-0.39, 0.29) is 18.8 Å². The number of halogens is 1. The van der Waals surface area contributed by atoms with E-state index in [2.05, 4.69) is 15.6 Å². The number of aromatic nitrogens is 2. The predicted molar refractivity (Wildman–Crippen MR) is 119 cm³/mol. The van der Waals surface area contributed by atoms with Crippen LogP contribution in [0.2, 0.25) is 5.02 Å². The van der Waals surface area contributed by atoms with Crippen LogP contribution in [0.25, 0.3) is 11.1 Å². The number of rotatable bonds is 9. The molecule has 4 rings (SSSR count). The highest BCUT2D eigenvalue weighted by Gasteiger charge is 2.27. The quantitative estimate of drug-likeness (QED) is 0.369. The van der Waals surface area contributed by atoms with E-state index >= 15 is 0 Å². The van der Waals surface area contributed by atoms with Crippen molar-refractivity contribution in [2.24, 2.45) is 0 Å². The van der Waals surface area contributed by atoms with Gasteiger partial charge in [0.2, 0.25) is 0 Å². The lowest BCUT2D eigenvalue weighted by molar-refractivity contribution is -0.148. The molecule has 3 aromatic rings. The molecule has 0 bridgehead atoms. The number of benzene rings is 2.